The molecule has 142 valence electrons. The molecule has 6 nitrogen and oxygen atoms in total. The third-order valence-electron chi connectivity index (χ3n) is 4.28. The number of benzene rings is 2. The third kappa shape index (κ3) is 3.85. The summed E-state index contributed by atoms with van der Waals surface area (Å²) < 4.78 is 6.60. The number of fused-ring (bicyclic) bond motifs is 1. The number of nitrogens with one attached hydrogen (secondary N) is 1. The standard InChI is InChI=1S/C20H16ClN3O3S/c1-12-22-16(11-28-12)13-2-5-15(6-3-13)23-19(25)8-9-24-17-7-4-14(21)10-18(17)27-20(24)26/h2-7,10-11H,8-9H2,1H3,(H,23,25). The van der Waals surface area contributed by atoms with Crippen molar-refractivity contribution >= 4 is 45.6 Å². The maximum Gasteiger partial charge on any atom is 0.419 e. The average molecular weight is 414 g/mol. The van der Waals surface area contributed by atoms with Crippen molar-refractivity contribution in [3.63, 3.8) is 0 Å². The van der Waals surface area contributed by atoms with Crippen LogP contribution in [0.25, 0.3) is 22.4 Å². The summed E-state index contributed by atoms with van der Waals surface area (Å²) in [5, 5.41) is 6.34. The molecule has 0 saturated carbocycles. The second kappa shape index (κ2) is 7.61. The number of hydrogen-bond acceptors (Lipinski definition) is 5. The van der Waals surface area contributed by atoms with E-state index in [9.17, 15) is 9.59 Å². The summed E-state index contributed by atoms with van der Waals surface area (Å²) in [4.78, 5) is 28.7. The molecule has 0 atom stereocenters. The lowest BCUT2D eigenvalue weighted by molar-refractivity contribution is -0.116. The van der Waals surface area contributed by atoms with Gasteiger partial charge in [0.25, 0.3) is 0 Å². The van der Waals surface area contributed by atoms with Gasteiger partial charge in [-0.05, 0) is 31.2 Å². The van der Waals surface area contributed by atoms with Gasteiger partial charge in [0, 0.05) is 40.7 Å². The summed E-state index contributed by atoms with van der Waals surface area (Å²) in [6.45, 7) is 2.18. The van der Waals surface area contributed by atoms with E-state index in [-0.39, 0.29) is 18.9 Å². The number of aryl methyl sites for hydroxylation is 2. The largest absolute Gasteiger partial charge is 0.419 e. The van der Waals surface area contributed by atoms with Gasteiger partial charge >= 0.3 is 5.76 Å². The van der Waals surface area contributed by atoms with Crippen molar-refractivity contribution in [2.45, 2.75) is 19.9 Å². The molecule has 8 heteroatoms. The summed E-state index contributed by atoms with van der Waals surface area (Å²) in [7, 11) is 0. The van der Waals surface area contributed by atoms with Crippen LogP contribution in [0.5, 0.6) is 0 Å². The van der Waals surface area contributed by atoms with Gasteiger partial charge in [0.1, 0.15) is 0 Å². The van der Waals surface area contributed by atoms with Gasteiger partial charge in [-0.25, -0.2) is 9.78 Å². The Balaban J connectivity index is 1.41. The SMILES string of the molecule is Cc1nc(-c2ccc(NC(=O)CCn3c(=O)oc4cc(Cl)ccc43)cc2)cs1. The topological polar surface area (TPSA) is 77.1 Å². The van der Waals surface area contributed by atoms with Crippen LogP contribution in [-0.4, -0.2) is 15.5 Å². The van der Waals surface area contributed by atoms with Crippen LogP contribution in [0.3, 0.4) is 0 Å². The second-order valence-electron chi connectivity index (χ2n) is 6.26. The average Bonchev–Trinajstić information content (AvgIpc) is 3.23. The Kier molecular flexibility index (Phi) is 5.02. The Morgan fingerprint density at radius 1 is 1.25 bits per heavy atom. The fourth-order valence-electron chi connectivity index (χ4n) is 2.91. The van der Waals surface area contributed by atoms with Crippen molar-refractivity contribution in [3.05, 3.63) is 68.4 Å². The summed E-state index contributed by atoms with van der Waals surface area (Å²) >= 11 is 7.51. The first-order valence-corrected chi connectivity index (χ1v) is 9.87. The van der Waals surface area contributed by atoms with Crippen LogP contribution in [0.4, 0.5) is 5.69 Å². The summed E-state index contributed by atoms with van der Waals surface area (Å²) in [6.07, 6.45) is 0.143. The number of aromatic nitrogens is 2. The quantitative estimate of drug-likeness (QED) is 0.514. The van der Waals surface area contributed by atoms with Crippen molar-refractivity contribution < 1.29 is 9.21 Å². The minimum absolute atomic E-state index is 0.143. The van der Waals surface area contributed by atoms with E-state index in [4.69, 9.17) is 16.0 Å². The molecule has 4 rings (SSSR count). The van der Waals surface area contributed by atoms with Crippen molar-refractivity contribution in [2.75, 3.05) is 5.32 Å². The van der Waals surface area contributed by atoms with Crippen LogP contribution in [-0.2, 0) is 11.3 Å². The van der Waals surface area contributed by atoms with Gasteiger partial charge in [-0.1, -0.05) is 23.7 Å². The molecule has 2 aromatic carbocycles. The van der Waals surface area contributed by atoms with E-state index in [0.29, 0.717) is 21.8 Å². The predicted octanol–water partition coefficient (Wildman–Crippen LogP) is 4.71. The number of oxazole rings is 1. The van der Waals surface area contributed by atoms with Crippen LogP contribution < -0.4 is 11.1 Å². The maximum atomic E-state index is 12.3. The lowest BCUT2D eigenvalue weighted by atomic mass is 10.1. The van der Waals surface area contributed by atoms with Gasteiger partial charge in [0.05, 0.1) is 16.2 Å². The highest BCUT2D eigenvalue weighted by Gasteiger charge is 2.12. The fraction of sp³-hybridized carbons (Fsp3) is 0.150. The first-order valence-electron chi connectivity index (χ1n) is 8.61. The first kappa shape index (κ1) is 18.5. The van der Waals surface area contributed by atoms with Gasteiger partial charge < -0.3 is 9.73 Å². The maximum absolute atomic E-state index is 12.3. The number of anilines is 1. The highest BCUT2D eigenvalue weighted by atomic mass is 35.5. The second-order valence-corrected chi connectivity index (χ2v) is 7.76. The Morgan fingerprint density at radius 2 is 2.04 bits per heavy atom. The number of rotatable bonds is 5. The van der Waals surface area contributed by atoms with Gasteiger partial charge in [-0.15, -0.1) is 11.3 Å². The van der Waals surface area contributed by atoms with Gasteiger partial charge in [-0.2, -0.15) is 0 Å². The molecule has 2 aromatic heterocycles. The van der Waals surface area contributed by atoms with Crippen molar-refractivity contribution in [1.82, 2.24) is 9.55 Å². The van der Waals surface area contributed by atoms with E-state index in [0.717, 1.165) is 16.3 Å². The zero-order valence-electron chi connectivity index (χ0n) is 14.9. The highest BCUT2D eigenvalue weighted by Crippen LogP contribution is 2.23. The van der Waals surface area contributed by atoms with Crippen molar-refractivity contribution in [3.8, 4) is 11.3 Å². The molecule has 0 bridgehead atoms. The predicted molar refractivity (Wildman–Crippen MR) is 111 cm³/mol. The molecular weight excluding hydrogens is 398 g/mol. The van der Waals surface area contributed by atoms with Gasteiger partial charge in [-0.3, -0.25) is 9.36 Å². The Hall–Kier alpha value is -2.90. The summed E-state index contributed by atoms with van der Waals surface area (Å²) in [5.74, 6) is -0.694. The Bertz CT molecular complexity index is 1210. The highest BCUT2D eigenvalue weighted by molar-refractivity contribution is 7.09. The fourth-order valence-corrected chi connectivity index (χ4v) is 3.69. The van der Waals surface area contributed by atoms with Crippen LogP contribution in [0.1, 0.15) is 11.4 Å². The number of halogens is 1. The molecule has 0 radical (unpaired) electrons. The van der Waals surface area contributed by atoms with Crippen LogP contribution in [0.2, 0.25) is 5.02 Å². The molecular formula is C20H16ClN3O3S. The monoisotopic (exact) mass is 413 g/mol. The number of hydrogen-bond donors (Lipinski definition) is 1. The van der Waals surface area contributed by atoms with E-state index < -0.39 is 5.76 Å². The molecule has 1 amide bonds. The molecule has 0 aliphatic carbocycles. The smallest absolute Gasteiger partial charge is 0.408 e. The van der Waals surface area contributed by atoms with Crippen molar-refractivity contribution in [1.29, 1.82) is 0 Å². The first-order chi connectivity index (χ1) is 13.5. The molecule has 0 saturated heterocycles. The Labute approximate surface area is 169 Å². The molecule has 2 heterocycles. The van der Waals surface area contributed by atoms with Crippen LogP contribution in [0, 0.1) is 6.92 Å². The zero-order valence-corrected chi connectivity index (χ0v) is 16.5. The molecule has 0 aliphatic heterocycles. The van der Waals surface area contributed by atoms with Crippen LogP contribution >= 0.6 is 22.9 Å². The number of thiazole rings is 1. The van der Waals surface area contributed by atoms with E-state index >= 15 is 0 Å². The number of amides is 1. The molecule has 4 aromatic rings. The molecule has 0 aliphatic rings. The Morgan fingerprint density at radius 3 is 2.75 bits per heavy atom. The summed E-state index contributed by atoms with van der Waals surface area (Å²) in [6, 6.07) is 12.5. The van der Waals surface area contributed by atoms with Crippen LogP contribution in [0.15, 0.2) is 57.1 Å². The number of nitrogens with zero attached hydrogens (tertiary/aromatic N) is 2. The number of carbonyl (C=O) groups excluding carboxylic acids is 1. The normalized spacial score (nSPS) is 11.1. The molecule has 1 N–H and O–H groups in total. The van der Waals surface area contributed by atoms with E-state index in [1.165, 1.54) is 4.57 Å². The minimum Gasteiger partial charge on any atom is -0.408 e. The van der Waals surface area contributed by atoms with Gasteiger partial charge in [0.2, 0.25) is 5.91 Å². The zero-order chi connectivity index (χ0) is 19.7. The van der Waals surface area contributed by atoms with Crippen molar-refractivity contribution in [2.24, 2.45) is 0 Å². The van der Waals surface area contributed by atoms with E-state index in [1.807, 2.05) is 36.6 Å². The minimum atomic E-state index is -0.507. The van der Waals surface area contributed by atoms with Gasteiger partial charge in [0.15, 0.2) is 5.58 Å². The molecule has 28 heavy (non-hydrogen) atoms. The molecule has 0 spiro atoms. The van der Waals surface area contributed by atoms with E-state index in [2.05, 4.69) is 10.3 Å². The number of carbonyl (C=O) groups is 1. The molecule has 0 unspecified atom stereocenters. The molecule has 0 fully saturated rings. The lowest BCUT2D eigenvalue weighted by Gasteiger charge is -2.06. The van der Waals surface area contributed by atoms with E-state index in [1.54, 1.807) is 29.5 Å². The third-order valence-corrected chi connectivity index (χ3v) is 5.28. The summed E-state index contributed by atoms with van der Waals surface area (Å²) in [5.41, 5.74) is 3.64. The lowest BCUT2D eigenvalue weighted by Crippen LogP contribution is -2.19.